The summed E-state index contributed by atoms with van der Waals surface area (Å²) in [6.07, 6.45) is 7.56. The highest BCUT2D eigenvalue weighted by Crippen LogP contribution is 2.26. The fourth-order valence-electron chi connectivity index (χ4n) is 1.74. The highest BCUT2D eigenvalue weighted by molar-refractivity contribution is 6.34. The molecule has 10 heavy (non-hydrogen) atoms. The molecule has 1 aliphatic rings. The van der Waals surface area contributed by atoms with Gasteiger partial charge in [-0.25, -0.2) is 0 Å². The molecule has 1 aliphatic carbocycles. The van der Waals surface area contributed by atoms with Crippen LogP contribution < -0.4 is 4.98 Å². The van der Waals surface area contributed by atoms with Gasteiger partial charge in [-0.1, -0.05) is 39.0 Å². The third kappa shape index (κ3) is 2.84. The zero-order chi connectivity index (χ0) is 7.23. The van der Waals surface area contributed by atoms with Crippen molar-refractivity contribution < 1.29 is 0 Å². The van der Waals surface area contributed by atoms with Crippen LogP contribution in [0.1, 0.15) is 39.0 Å². The van der Waals surface area contributed by atoms with Crippen molar-refractivity contribution in [2.75, 3.05) is 6.54 Å². The zero-order valence-electron chi connectivity index (χ0n) is 7.03. The molecule has 0 spiro atoms. The average Bonchev–Trinajstić information content (AvgIpc) is 2.03. The summed E-state index contributed by atoms with van der Waals surface area (Å²) in [6.45, 7) is 3.42. The van der Waals surface area contributed by atoms with Crippen LogP contribution in [-0.4, -0.2) is 16.2 Å². The standard InChI is InChI=1S/C8H19NSi/c1-2-9-10-8-6-4-3-5-7-8/h8-9H,2-7,10H2,1H3. The van der Waals surface area contributed by atoms with Gasteiger partial charge in [0.1, 0.15) is 0 Å². The lowest BCUT2D eigenvalue weighted by atomic mass is 10.0. The van der Waals surface area contributed by atoms with Gasteiger partial charge in [-0.3, -0.25) is 0 Å². The van der Waals surface area contributed by atoms with Gasteiger partial charge < -0.3 is 4.98 Å². The van der Waals surface area contributed by atoms with Crippen LogP contribution in [0.4, 0.5) is 0 Å². The third-order valence-corrected chi connectivity index (χ3v) is 4.59. The second-order valence-corrected chi connectivity index (χ2v) is 5.37. The molecule has 0 atom stereocenters. The summed E-state index contributed by atoms with van der Waals surface area (Å²) in [6, 6.07) is 0. The van der Waals surface area contributed by atoms with Gasteiger partial charge >= 0.3 is 0 Å². The molecular formula is C8H19NSi. The summed E-state index contributed by atoms with van der Waals surface area (Å²) in [5.41, 5.74) is 1.13. The molecule has 0 aromatic carbocycles. The molecular weight excluding hydrogens is 138 g/mol. The molecule has 0 unspecified atom stereocenters. The second kappa shape index (κ2) is 4.91. The molecule has 0 saturated heterocycles. The average molecular weight is 157 g/mol. The van der Waals surface area contributed by atoms with E-state index in [1.165, 1.54) is 38.6 Å². The van der Waals surface area contributed by atoms with Crippen molar-refractivity contribution in [1.29, 1.82) is 0 Å². The van der Waals surface area contributed by atoms with Gasteiger partial charge in [0.15, 0.2) is 0 Å². The summed E-state index contributed by atoms with van der Waals surface area (Å²) in [5.74, 6) is 0. The Kier molecular flexibility index (Phi) is 4.06. The van der Waals surface area contributed by atoms with E-state index in [4.69, 9.17) is 0 Å². The number of hydrogen-bond donors (Lipinski definition) is 1. The van der Waals surface area contributed by atoms with Crippen LogP contribution in [0.3, 0.4) is 0 Å². The zero-order valence-corrected chi connectivity index (χ0v) is 8.44. The molecule has 1 N–H and O–H groups in total. The summed E-state index contributed by atoms with van der Waals surface area (Å²) in [7, 11) is 0.116. The van der Waals surface area contributed by atoms with Crippen molar-refractivity contribution in [3.8, 4) is 0 Å². The minimum Gasteiger partial charge on any atom is -0.342 e. The van der Waals surface area contributed by atoms with Crippen LogP contribution in [0.15, 0.2) is 0 Å². The van der Waals surface area contributed by atoms with Gasteiger partial charge in [0, 0.05) is 0 Å². The van der Waals surface area contributed by atoms with Crippen LogP contribution in [0.5, 0.6) is 0 Å². The van der Waals surface area contributed by atoms with Crippen molar-refractivity contribution in [2.24, 2.45) is 0 Å². The molecule has 60 valence electrons. The monoisotopic (exact) mass is 157 g/mol. The summed E-state index contributed by atoms with van der Waals surface area (Å²) in [5, 5.41) is 0. The lowest BCUT2D eigenvalue weighted by molar-refractivity contribution is 0.497. The Bertz CT molecular complexity index is 79.3. The van der Waals surface area contributed by atoms with Gasteiger partial charge in [0.25, 0.3) is 0 Å². The minimum atomic E-state index is 0.116. The van der Waals surface area contributed by atoms with Gasteiger partial charge in [-0.15, -0.1) is 0 Å². The van der Waals surface area contributed by atoms with E-state index in [1.807, 2.05) is 0 Å². The maximum Gasteiger partial charge on any atom is 0.0947 e. The van der Waals surface area contributed by atoms with E-state index in [9.17, 15) is 0 Å². The lowest BCUT2D eigenvalue weighted by Gasteiger charge is -2.20. The van der Waals surface area contributed by atoms with Crippen molar-refractivity contribution in [1.82, 2.24) is 4.98 Å². The van der Waals surface area contributed by atoms with E-state index >= 15 is 0 Å². The molecule has 1 fully saturated rings. The first kappa shape index (κ1) is 8.28. The van der Waals surface area contributed by atoms with E-state index in [0.717, 1.165) is 5.54 Å². The number of hydrogen-bond acceptors (Lipinski definition) is 1. The van der Waals surface area contributed by atoms with Crippen molar-refractivity contribution in [3.63, 3.8) is 0 Å². The minimum absolute atomic E-state index is 0.116. The SMILES string of the molecule is CCN[SiH2]C1CCCCC1. The fraction of sp³-hybridized carbons (Fsp3) is 1.00. The van der Waals surface area contributed by atoms with E-state index in [2.05, 4.69) is 11.9 Å². The van der Waals surface area contributed by atoms with Crippen LogP contribution in [0.2, 0.25) is 5.54 Å². The van der Waals surface area contributed by atoms with Crippen LogP contribution in [-0.2, 0) is 0 Å². The summed E-state index contributed by atoms with van der Waals surface area (Å²) < 4.78 is 0. The Balaban J connectivity index is 2.02. The highest BCUT2D eigenvalue weighted by atomic mass is 28.2. The maximum atomic E-state index is 3.56. The smallest absolute Gasteiger partial charge is 0.0947 e. The molecule has 0 aliphatic heterocycles. The molecule has 1 rings (SSSR count). The predicted octanol–water partition coefficient (Wildman–Crippen LogP) is 1.43. The Morgan fingerprint density at radius 3 is 2.60 bits per heavy atom. The Hall–Kier alpha value is 0.177. The number of nitrogens with one attached hydrogen (secondary N) is 1. The molecule has 0 amide bonds. The quantitative estimate of drug-likeness (QED) is 0.611. The van der Waals surface area contributed by atoms with Crippen molar-refractivity contribution in [2.45, 2.75) is 44.6 Å². The fourth-order valence-corrected chi connectivity index (χ4v) is 3.42. The van der Waals surface area contributed by atoms with E-state index in [1.54, 1.807) is 0 Å². The Morgan fingerprint density at radius 2 is 2.00 bits per heavy atom. The number of rotatable bonds is 3. The molecule has 0 bridgehead atoms. The van der Waals surface area contributed by atoms with E-state index < -0.39 is 0 Å². The van der Waals surface area contributed by atoms with Crippen LogP contribution in [0, 0.1) is 0 Å². The maximum absolute atomic E-state index is 3.56. The normalized spacial score (nSPS) is 22.5. The molecule has 0 radical (unpaired) electrons. The highest BCUT2D eigenvalue weighted by Gasteiger charge is 2.12. The molecule has 0 aromatic heterocycles. The first-order valence-corrected chi connectivity index (χ1v) is 6.16. The second-order valence-electron chi connectivity index (χ2n) is 3.31. The molecule has 1 nitrogen and oxygen atoms in total. The van der Waals surface area contributed by atoms with Gasteiger partial charge in [-0.05, 0) is 12.1 Å². The van der Waals surface area contributed by atoms with Crippen LogP contribution in [0.25, 0.3) is 0 Å². The van der Waals surface area contributed by atoms with Gasteiger partial charge in [0.05, 0.1) is 9.68 Å². The summed E-state index contributed by atoms with van der Waals surface area (Å²) >= 11 is 0. The summed E-state index contributed by atoms with van der Waals surface area (Å²) in [4.78, 5) is 3.56. The molecule has 2 heteroatoms. The predicted molar refractivity (Wildman–Crippen MR) is 49.1 cm³/mol. The van der Waals surface area contributed by atoms with Gasteiger partial charge in [0.2, 0.25) is 0 Å². The van der Waals surface area contributed by atoms with E-state index in [-0.39, 0.29) is 9.68 Å². The Morgan fingerprint density at radius 1 is 1.30 bits per heavy atom. The Labute approximate surface area is 66.5 Å². The lowest BCUT2D eigenvalue weighted by Crippen LogP contribution is -2.24. The third-order valence-electron chi connectivity index (χ3n) is 2.41. The molecule has 1 saturated carbocycles. The first-order valence-electron chi connectivity index (χ1n) is 4.64. The van der Waals surface area contributed by atoms with Crippen molar-refractivity contribution in [3.05, 3.63) is 0 Å². The van der Waals surface area contributed by atoms with Crippen LogP contribution >= 0.6 is 0 Å². The topological polar surface area (TPSA) is 12.0 Å². The van der Waals surface area contributed by atoms with Gasteiger partial charge in [-0.2, -0.15) is 0 Å². The molecule has 0 aromatic rings. The first-order chi connectivity index (χ1) is 4.93. The molecule has 0 heterocycles. The largest absolute Gasteiger partial charge is 0.342 e. The van der Waals surface area contributed by atoms with Crippen molar-refractivity contribution >= 4 is 9.68 Å². The van der Waals surface area contributed by atoms with E-state index in [0.29, 0.717) is 0 Å².